The lowest BCUT2D eigenvalue weighted by Crippen LogP contribution is -2.40. The SMILES string of the molecule is CCc1nsc(N(C)CCNC(C)(C)C)n1. The van der Waals surface area contributed by atoms with E-state index in [2.05, 4.69) is 54.3 Å². The van der Waals surface area contributed by atoms with Crippen LogP contribution in [0.25, 0.3) is 0 Å². The average Bonchev–Trinajstić information content (AvgIpc) is 2.63. The topological polar surface area (TPSA) is 41.1 Å². The Hall–Kier alpha value is -0.680. The Morgan fingerprint density at radius 2 is 2.06 bits per heavy atom. The Morgan fingerprint density at radius 1 is 1.38 bits per heavy atom. The van der Waals surface area contributed by atoms with Gasteiger partial charge in [-0.25, -0.2) is 4.98 Å². The summed E-state index contributed by atoms with van der Waals surface area (Å²) < 4.78 is 4.28. The largest absolute Gasteiger partial charge is 0.349 e. The molecule has 1 heterocycles. The first kappa shape index (κ1) is 13.4. The van der Waals surface area contributed by atoms with E-state index in [4.69, 9.17) is 0 Å². The molecule has 0 saturated carbocycles. The molecule has 1 N–H and O–H groups in total. The van der Waals surface area contributed by atoms with Gasteiger partial charge in [0, 0.05) is 43.6 Å². The molecule has 0 saturated heterocycles. The number of hydrogen-bond donors (Lipinski definition) is 1. The van der Waals surface area contributed by atoms with Crippen molar-refractivity contribution in [1.82, 2.24) is 14.7 Å². The first-order chi connectivity index (χ1) is 7.42. The van der Waals surface area contributed by atoms with Crippen LogP contribution in [-0.2, 0) is 6.42 Å². The molecule has 0 bridgehead atoms. The van der Waals surface area contributed by atoms with Crippen LogP contribution in [0.2, 0.25) is 0 Å². The van der Waals surface area contributed by atoms with Crippen molar-refractivity contribution in [2.45, 2.75) is 39.7 Å². The summed E-state index contributed by atoms with van der Waals surface area (Å²) >= 11 is 1.48. The van der Waals surface area contributed by atoms with Crippen LogP contribution in [-0.4, -0.2) is 35.0 Å². The van der Waals surface area contributed by atoms with Gasteiger partial charge in [0.1, 0.15) is 5.82 Å². The Bertz CT molecular complexity index is 316. The summed E-state index contributed by atoms with van der Waals surface area (Å²) in [4.78, 5) is 6.60. The molecule has 4 nitrogen and oxygen atoms in total. The number of anilines is 1. The lowest BCUT2D eigenvalue weighted by atomic mass is 10.1. The fraction of sp³-hybridized carbons (Fsp3) is 0.818. The minimum absolute atomic E-state index is 0.177. The van der Waals surface area contributed by atoms with Gasteiger partial charge in [-0.2, -0.15) is 4.37 Å². The fourth-order valence-electron chi connectivity index (χ4n) is 1.24. The molecule has 16 heavy (non-hydrogen) atoms. The second-order valence-corrected chi connectivity index (χ2v) is 5.68. The van der Waals surface area contributed by atoms with Gasteiger partial charge in [0.15, 0.2) is 0 Å². The minimum atomic E-state index is 0.177. The number of nitrogens with one attached hydrogen (secondary N) is 1. The van der Waals surface area contributed by atoms with E-state index >= 15 is 0 Å². The van der Waals surface area contributed by atoms with Crippen LogP contribution in [0.4, 0.5) is 5.13 Å². The first-order valence-electron chi connectivity index (χ1n) is 5.71. The predicted octanol–water partition coefficient (Wildman–Crippen LogP) is 1.92. The van der Waals surface area contributed by atoms with Crippen molar-refractivity contribution in [1.29, 1.82) is 0 Å². The maximum absolute atomic E-state index is 4.45. The lowest BCUT2D eigenvalue weighted by molar-refractivity contribution is 0.431. The van der Waals surface area contributed by atoms with Crippen LogP contribution in [0.1, 0.15) is 33.5 Å². The quantitative estimate of drug-likeness (QED) is 0.856. The molecule has 5 heteroatoms. The number of aryl methyl sites for hydroxylation is 1. The van der Waals surface area contributed by atoms with Crippen molar-refractivity contribution < 1.29 is 0 Å². The highest BCUT2D eigenvalue weighted by Crippen LogP contribution is 2.15. The monoisotopic (exact) mass is 242 g/mol. The van der Waals surface area contributed by atoms with Gasteiger partial charge in [-0.1, -0.05) is 6.92 Å². The first-order valence-corrected chi connectivity index (χ1v) is 6.48. The molecule has 1 aromatic rings. The standard InChI is InChI=1S/C11H22N4S/c1-6-9-13-10(16-14-9)15(5)8-7-12-11(2,3)4/h12H,6-8H2,1-5H3. The Kier molecular flexibility index (Phi) is 4.68. The third-order valence-corrected chi connectivity index (χ3v) is 3.07. The molecular weight excluding hydrogens is 220 g/mol. The summed E-state index contributed by atoms with van der Waals surface area (Å²) in [5.41, 5.74) is 0.177. The molecule has 0 aliphatic carbocycles. The van der Waals surface area contributed by atoms with Crippen LogP contribution in [0.5, 0.6) is 0 Å². The summed E-state index contributed by atoms with van der Waals surface area (Å²) in [7, 11) is 2.06. The van der Waals surface area contributed by atoms with Crippen LogP contribution in [0.3, 0.4) is 0 Å². The van der Waals surface area contributed by atoms with Gasteiger partial charge >= 0.3 is 0 Å². The van der Waals surface area contributed by atoms with Gasteiger partial charge in [0.25, 0.3) is 0 Å². The number of aromatic nitrogens is 2. The average molecular weight is 242 g/mol. The smallest absolute Gasteiger partial charge is 0.204 e. The van der Waals surface area contributed by atoms with E-state index < -0.39 is 0 Å². The van der Waals surface area contributed by atoms with Gasteiger partial charge < -0.3 is 10.2 Å². The molecule has 0 spiro atoms. The van der Waals surface area contributed by atoms with Gasteiger partial charge in [-0.15, -0.1) is 0 Å². The van der Waals surface area contributed by atoms with Crippen LogP contribution >= 0.6 is 11.5 Å². The molecule has 1 aromatic heterocycles. The fourth-order valence-corrected chi connectivity index (χ4v) is 1.97. The van der Waals surface area contributed by atoms with E-state index in [9.17, 15) is 0 Å². The highest BCUT2D eigenvalue weighted by molar-refractivity contribution is 7.09. The number of rotatable bonds is 5. The van der Waals surface area contributed by atoms with E-state index in [0.29, 0.717) is 0 Å². The molecule has 1 rings (SSSR count). The Balaban J connectivity index is 2.37. The second kappa shape index (κ2) is 5.59. The predicted molar refractivity (Wildman–Crippen MR) is 70.3 cm³/mol. The van der Waals surface area contributed by atoms with Crippen molar-refractivity contribution in [3.05, 3.63) is 5.82 Å². The van der Waals surface area contributed by atoms with Crippen molar-refractivity contribution >= 4 is 16.7 Å². The highest BCUT2D eigenvalue weighted by atomic mass is 32.1. The van der Waals surface area contributed by atoms with E-state index in [1.165, 1.54) is 11.5 Å². The summed E-state index contributed by atoms with van der Waals surface area (Å²) in [6.07, 6.45) is 0.907. The van der Waals surface area contributed by atoms with Crippen molar-refractivity contribution in [2.75, 3.05) is 25.0 Å². The Morgan fingerprint density at radius 3 is 2.56 bits per heavy atom. The number of nitrogens with zero attached hydrogens (tertiary/aromatic N) is 3. The highest BCUT2D eigenvalue weighted by Gasteiger charge is 2.10. The van der Waals surface area contributed by atoms with Crippen molar-refractivity contribution in [3.63, 3.8) is 0 Å². The van der Waals surface area contributed by atoms with Gasteiger partial charge in [0.05, 0.1) is 0 Å². The number of likely N-dealkylation sites (N-methyl/N-ethyl adjacent to an activating group) is 1. The molecule has 0 atom stereocenters. The molecule has 0 fully saturated rings. The van der Waals surface area contributed by atoms with Gasteiger partial charge in [0.2, 0.25) is 5.13 Å². The molecule has 0 amide bonds. The van der Waals surface area contributed by atoms with E-state index in [1.54, 1.807) is 0 Å². The van der Waals surface area contributed by atoms with Crippen LogP contribution < -0.4 is 10.2 Å². The third-order valence-electron chi connectivity index (χ3n) is 2.20. The van der Waals surface area contributed by atoms with Crippen molar-refractivity contribution in [3.8, 4) is 0 Å². The third kappa shape index (κ3) is 4.45. The molecular formula is C11H22N4S. The molecule has 0 aromatic carbocycles. The Labute approximate surface area is 102 Å². The van der Waals surface area contributed by atoms with Gasteiger partial charge in [-0.05, 0) is 20.8 Å². The lowest BCUT2D eigenvalue weighted by Gasteiger charge is -2.23. The van der Waals surface area contributed by atoms with Crippen molar-refractivity contribution in [2.24, 2.45) is 0 Å². The summed E-state index contributed by atoms with van der Waals surface area (Å²) in [5, 5.41) is 4.47. The van der Waals surface area contributed by atoms with E-state index in [1.807, 2.05) is 0 Å². The van der Waals surface area contributed by atoms with E-state index in [0.717, 1.165) is 30.5 Å². The second-order valence-electron chi connectivity index (χ2n) is 4.95. The zero-order valence-electron chi connectivity index (χ0n) is 10.9. The maximum atomic E-state index is 4.45. The molecule has 0 aliphatic heterocycles. The normalized spacial score (nSPS) is 11.8. The molecule has 0 aliphatic rings. The molecule has 92 valence electrons. The summed E-state index contributed by atoms with van der Waals surface area (Å²) in [6.45, 7) is 10.5. The van der Waals surface area contributed by atoms with E-state index in [-0.39, 0.29) is 5.54 Å². The van der Waals surface area contributed by atoms with Gasteiger partial charge in [-0.3, -0.25) is 0 Å². The summed E-state index contributed by atoms with van der Waals surface area (Å²) in [6, 6.07) is 0. The zero-order chi connectivity index (χ0) is 12.2. The van der Waals surface area contributed by atoms with Crippen LogP contribution in [0, 0.1) is 0 Å². The molecule has 0 unspecified atom stereocenters. The minimum Gasteiger partial charge on any atom is -0.349 e. The zero-order valence-corrected chi connectivity index (χ0v) is 11.7. The molecule has 0 radical (unpaired) electrons. The number of hydrogen-bond acceptors (Lipinski definition) is 5. The maximum Gasteiger partial charge on any atom is 0.204 e. The van der Waals surface area contributed by atoms with Crippen LogP contribution in [0.15, 0.2) is 0 Å². The summed E-state index contributed by atoms with van der Waals surface area (Å²) in [5.74, 6) is 0.940.